The summed E-state index contributed by atoms with van der Waals surface area (Å²) in [6.07, 6.45) is 4.36. The number of H-pyrrole nitrogens is 1. The van der Waals surface area contributed by atoms with E-state index in [1.54, 1.807) is 24.3 Å². The van der Waals surface area contributed by atoms with Gasteiger partial charge in [0.15, 0.2) is 5.78 Å². The zero-order valence-corrected chi connectivity index (χ0v) is 16.0. The van der Waals surface area contributed by atoms with Crippen molar-refractivity contribution in [3.05, 3.63) is 53.3 Å². The van der Waals surface area contributed by atoms with Crippen molar-refractivity contribution in [2.24, 2.45) is 0 Å². The zero-order valence-electron chi connectivity index (χ0n) is 15.2. The quantitative estimate of drug-likeness (QED) is 0.741. The number of benzene rings is 1. The van der Waals surface area contributed by atoms with Gasteiger partial charge in [0.25, 0.3) is 5.91 Å². The highest BCUT2D eigenvalue weighted by atomic mass is 32.2. The highest BCUT2D eigenvalue weighted by Crippen LogP contribution is 2.20. The fraction of sp³-hybridized carbons (Fsp3) is 0.368. The van der Waals surface area contributed by atoms with Gasteiger partial charge in [-0.2, -0.15) is 4.31 Å². The van der Waals surface area contributed by atoms with E-state index in [-0.39, 0.29) is 23.1 Å². The van der Waals surface area contributed by atoms with E-state index in [2.05, 4.69) is 10.3 Å². The Morgan fingerprint density at radius 2 is 1.78 bits per heavy atom. The molecule has 2 aromatic rings. The first kappa shape index (κ1) is 19.3. The lowest BCUT2D eigenvalue weighted by molar-refractivity contribution is 0.0946. The Labute approximate surface area is 158 Å². The van der Waals surface area contributed by atoms with Gasteiger partial charge in [-0.3, -0.25) is 9.59 Å². The van der Waals surface area contributed by atoms with Crippen LogP contribution in [0.3, 0.4) is 0 Å². The van der Waals surface area contributed by atoms with Crippen molar-refractivity contribution < 1.29 is 18.0 Å². The minimum atomic E-state index is -3.45. The topological polar surface area (TPSA) is 99.3 Å². The predicted octanol–water partition coefficient (Wildman–Crippen LogP) is 2.32. The Morgan fingerprint density at radius 1 is 1.11 bits per heavy atom. The number of Topliss-reactive ketones (excluding diaryl/α,β-unsaturated/α-hetero) is 1. The van der Waals surface area contributed by atoms with E-state index in [1.807, 2.05) is 0 Å². The van der Waals surface area contributed by atoms with Gasteiger partial charge >= 0.3 is 0 Å². The Balaban J connectivity index is 1.61. The number of aromatic amines is 1. The van der Waals surface area contributed by atoms with Crippen molar-refractivity contribution in [3.63, 3.8) is 0 Å². The largest absolute Gasteiger partial charge is 0.356 e. The molecule has 2 N–H and O–H groups in total. The number of piperidine rings is 1. The minimum absolute atomic E-state index is 0.115. The maximum atomic E-state index is 12.6. The third-order valence-corrected chi connectivity index (χ3v) is 6.58. The summed E-state index contributed by atoms with van der Waals surface area (Å²) in [5.74, 6) is -0.441. The summed E-state index contributed by atoms with van der Waals surface area (Å²) in [6.45, 7) is 2.83. The molecule has 7 nitrogen and oxygen atoms in total. The molecule has 1 aliphatic rings. The predicted molar refractivity (Wildman–Crippen MR) is 101 cm³/mol. The monoisotopic (exact) mass is 389 g/mol. The molecule has 0 saturated carbocycles. The summed E-state index contributed by atoms with van der Waals surface area (Å²) in [4.78, 5) is 26.5. The maximum absolute atomic E-state index is 12.6. The van der Waals surface area contributed by atoms with Crippen LogP contribution in [0.2, 0.25) is 0 Å². The van der Waals surface area contributed by atoms with Gasteiger partial charge in [-0.25, -0.2) is 8.42 Å². The average molecular weight is 389 g/mol. The summed E-state index contributed by atoms with van der Waals surface area (Å²) >= 11 is 0. The summed E-state index contributed by atoms with van der Waals surface area (Å²) in [5.41, 5.74) is 1.55. The molecule has 1 saturated heterocycles. The number of nitrogens with one attached hydrogen (secondary N) is 2. The zero-order chi connectivity index (χ0) is 19.4. The van der Waals surface area contributed by atoms with E-state index in [1.165, 1.54) is 23.5 Å². The summed E-state index contributed by atoms with van der Waals surface area (Å²) in [6, 6.07) is 8.06. The van der Waals surface area contributed by atoms with Crippen LogP contribution in [0.4, 0.5) is 0 Å². The molecular weight excluding hydrogens is 366 g/mol. The molecule has 2 heterocycles. The normalized spacial score (nSPS) is 15.4. The maximum Gasteiger partial charge on any atom is 0.267 e. The number of sulfonamides is 1. The first-order chi connectivity index (χ1) is 12.9. The Morgan fingerprint density at radius 3 is 2.37 bits per heavy atom. The minimum Gasteiger partial charge on any atom is -0.356 e. The first-order valence-electron chi connectivity index (χ1n) is 8.94. The van der Waals surface area contributed by atoms with Crippen molar-refractivity contribution in [1.82, 2.24) is 14.6 Å². The summed E-state index contributed by atoms with van der Waals surface area (Å²) in [7, 11) is -3.45. The van der Waals surface area contributed by atoms with Crippen LogP contribution in [0.5, 0.6) is 0 Å². The van der Waals surface area contributed by atoms with Gasteiger partial charge in [-0.1, -0.05) is 18.6 Å². The molecule has 0 atom stereocenters. The third-order valence-electron chi connectivity index (χ3n) is 4.66. The number of rotatable bonds is 6. The second kappa shape index (κ2) is 8.06. The molecule has 1 amide bonds. The van der Waals surface area contributed by atoms with Crippen LogP contribution in [0.1, 0.15) is 52.6 Å². The number of carbonyl (C=O) groups excluding carboxylic acids is 2. The van der Waals surface area contributed by atoms with Gasteiger partial charge in [0, 0.05) is 31.4 Å². The van der Waals surface area contributed by atoms with Gasteiger partial charge in [-0.15, -0.1) is 0 Å². The molecular formula is C19H23N3O4S. The van der Waals surface area contributed by atoms with Gasteiger partial charge in [-0.05, 0) is 43.5 Å². The van der Waals surface area contributed by atoms with Crippen LogP contribution in [-0.4, -0.2) is 42.5 Å². The standard InChI is InChI=1S/C19H23N3O4S/c1-14(23)16-11-18(20-13-16)19(24)21-12-15-5-7-17(8-6-15)27(25,26)22-9-3-2-4-10-22/h5-8,11,13,20H,2-4,9-10,12H2,1H3,(H,21,24). The van der Waals surface area contributed by atoms with E-state index in [0.29, 0.717) is 24.3 Å². The lowest BCUT2D eigenvalue weighted by Gasteiger charge is -2.25. The van der Waals surface area contributed by atoms with Crippen molar-refractivity contribution in [2.45, 2.75) is 37.6 Å². The molecule has 1 aromatic heterocycles. The van der Waals surface area contributed by atoms with E-state index < -0.39 is 10.0 Å². The molecule has 27 heavy (non-hydrogen) atoms. The van der Waals surface area contributed by atoms with E-state index in [9.17, 15) is 18.0 Å². The molecule has 0 spiro atoms. The van der Waals surface area contributed by atoms with E-state index >= 15 is 0 Å². The highest BCUT2D eigenvalue weighted by molar-refractivity contribution is 7.89. The van der Waals surface area contributed by atoms with Gasteiger partial charge in [0.2, 0.25) is 10.0 Å². The molecule has 8 heteroatoms. The van der Waals surface area contributed by atoms with Crippen LogP contribution in [-0.2, 0) is 16.6 Å². The fourth-order valence-electron chi connectivity index (χ4n) is 3.04. The Kier molecular flexibility index (Phi) is 5.76. The molecule has 144 valence electrons. The highest BCUT2D eigenvalue weighted by Gasteiger charge is 2.25. The Bertz CT molecular complexity index is 926. The summed E-state index contributed by atoms with van der Waals surface area (Å²) in [5, 5.41) is 2.75. The second-order valence-corrected chi connectivity index (χ2v) is 8.59. The number of aromatic nitrogens is 1. The fourth-order valence-corrected chi connectivity index (χ4v) is 4.56. The molecule has 0 bridgehead atoms. The van der Waals surface area contributed by atoms with Crippen molar-refractivity contribution in [3.8, 4) is 0 Å². The smallest absolute Gasteiger partial charge is 0.267 e. The number of carbonyl (C=O) groups is 2. The molecule has 0 aliphatic carbocycles. The third kappa shape index (κ3) is 4.45. The van der Waals surface area contributed by atoms with Crippen LogP contribution >= 0.6 is 0 Å². The van der Waals surface area contributed by atoms with Gasteiger partial charge in [0.1, 0.15) is 5.69 Å². The SMILES string of the molecule is CC(=O)c1c[nH]c(C(=O)NCc2ccc(S(=O)(=O)N3CCCCC3)cc2)c1. The number of hydrogen-bond donors (Lipinski definition) is 2. The van der Waals surface area contributed by atoms with Gasteiger partial charge in [0.05, 0.1) is 4.90 Å². The van der Waals surface area contributed by atoms with Crippen molar-refractivity contribution >= 4 is 21.7 Å². The number of amides is 1. The van der Waals surface area contributed by atoms with E-state index in [4.69, 9.17) is 0 Å². The molecule has 1 aromatic carbocycles. The van der Waals surface area contributed by atoms with Crippen molar-refractivity contribution in [1.29, 1.82) is 0 Å². The number of nitrogens with zero attached hydrogens (tertiary/aromatic N) is 1. The van der Waals surface area contributed by atoms with E-state index in [0.717, 1.165) is 24.8 Å². The lowest BCUT2D eigenvalue weighted by Crippen LogP contribution is -2.35. The first-order valence-corrected chi connectivity index (χ1v) is 10.4. The Hall–Kier alpha value is -2.45. The second-order valence-electron chi connectivity index (χ2n) is 6.65. The molecule has 0 unspecified atom stereocenters. The van der Waals surface area contributed by atoms with Crippen LogP contribution in [0.15, 0.2) is 41.4 Å². The van der Waals surface area contributed by atoms with Crippen LogP contribution < -0.4 is 5.32 Å². The lowest BCUT2D eigenvalue weighted by atomic mass is 10.2. The van der Waals surface area contributed by atoms with Crippen LogP contribution in [0.25, 0.3) is 0 Å². The van der Waals surface area contributed by atoms with Crippen LogP contribution in [0, 0.1) is 0 Å². The average Bonchev–Trinajstić information content (AvgIpc) is 3.18. The number of hydrogen-bond acceptors (Lipinski definition) is 4. The summed E-state index contributed by atoms with van der Waals surface area (Å²) < 4.78 is 26.8. The molecule has 0 radical (unpaired) electrons. The number of ketones is 1. The van der Waals surface area contributed by atoms with Crippen molar-refractivity contribution in [2.75, 3.05) is 13.1 Å². The molecule has 3 rings (SSSR count). The molecule has 1 aliphatic heterocycles. The van der Waals surface area contributed by atoms with Gasteiger partial charge < -0.3 is 10.3 Å². The molecule has 1 fully saturated rings.